The van der Waals surface area contributed by atoms with Crippen LogP contribution in [0, 0.1) is 17.2 Å². The summed E-state index contributed by atoms with van der Waals surface area (Å²) in [6.07, 6.45) is -1.49. The van der Waals surface area contributed by atoms with Crippen LogP contribution in [0.4, 0.5) is 19.0 Å². The van der Waals surface area contributed by atoms with E-state index < -0.39 is 17.3 Å². The lowest BCUT2D eigenvalue weighted by atomic mass is 10.0. The summed E-state index contributed by atoms with van der Waals surface area (Å²) in [5, 5.41) is 15.0. The highest BCUT2D eigenvalue weighted by atomic mass is 19.4. The third-order valence-corrected chi connectivity index (χ3v) is 7.40. The zero-order valence-corrected chi connectivity index (χ0v) is 19.2. The lowest BCUT2D eigenvalue weighted by Crippen LogP contribution is -2.47. The molecule has 2 aromatic heterocycles. The Bertz CT molecular complexity index is 1210. The molecule has 5 rings (SSSR count). The number of nitrogens with one attached hydrogen (secondary N) is 1. The number of nitriles is 1. The molecule has 0 spiro atoms. The monoisotopic (exact) mass is 485 g/mol. The summed E-state index contributed by atoms with van der Waals surface area (Å²) in [6, 6.07) is 5.49. The van der Waals surface area contributed by atoms with E-state index in [0.717, 1.165) is 50.7 Å². The molecule has 2 saturated heterocycles. The van der Waals surface area contributed by atoms with Gasteiger partial charge < -0.3 is 9.80 Å². The number of anilines is 1. The second kappa shape index (κ2) is 9.00. The van der Waals surface area contributed by atoms with E-state index in [2.05, 4.69) is 42.5 Å². The summed E-state index contributed by atoms with van der Waals surface area (Å²) in [7, 11) is 0. The van der Waals surface area contributed by atoms with Gasteiger partial charge in [0.15, 0.2) is 0 Å². The number of halogens is 3. The summed E-state index contributed by atoms with van der Waals surface area (Å²) in [6.45, 7) is 9.03. The van der Waals surface area contributed by atoms with Crippen LogP contribution in [0.3, 0.4) is 0 Å². The molecule has 0 aromatic carbocycles. The highest BCUT2D eigenvalue weighted by molar-refractivity contribution is 5.42. The molecule has 3 aliphatic rings. The topological polar surface area (TPSA) is 92.2 Å². The van der Waals surface area contributed by atoms with Crippen LogP contribution >= 0.6 is 0 Å². The van der Waals surface area contributed by atoms with E-state index in [0.29, 0.717) is 24.2 Å². The molecule has 11 heteroatoms. The Labute approximate surface area is 200 Å². The van der Waals surface area contributed by atoms with Crippen molar-refractivity contribution in [2.45, 2.75) is 31.5 Å². The molecule has 4 heterocycles. The lowest BCUT2D eigenvalue weighted by molar-refractivity contribution is -0.139. The molecule has 0 amide bonds. The molecular weight excluding hydrogens is 459 g/mol. The van der Waals surface area contributed by atoms with E-state index in [1.807, 2.05) is 6.07 Å². The van der Waals surface area contributed by atoms with Crippen LogP contribution in [0.15, 0.2) is 35.4 Å². The molecule has 1 N–H and O–H groups in total. The first-order valence-corrected chi connectivity index (χ1v) is 11.7. The molecule has 8 nitrogen and oxygen atoms in total. The van der Waals surface area contributed by atoms with Gasteiger partial charge in [-0.1, -0.05) is 6.58 Å². The molecule has 1 aliphatic carbocycles. The van der Waals surface area contributed by atoms with Gasteiger partial charge in [-0.05, 0) is 43.5 Å². The van der Waals surface area contributed by atoms with Crippen molar-refractivity contribution in [2.24, 2.45) is 5.92 Å². The van der Waals surface area contributed by atoms with Crippen LogP contribution in [-0.4, -0.2) is 64.2 Å². The Morgan fingerprint density at radius 3 is 2.60 bits per heavy atom. The summed E-state index contributed by atoms with van der Waals surface area (Å²) in [5.41, 5.74) is -0.274. The third-order valence-electron chi connectivity index (χ3n) is 7.40. The van der Waals surface area contributed by atoms with Gasteiger partial charge in [-0.25, -0.2) is 10.1 Å². The minimum absolute atomic E-state index is 0.0426. The number of fused-ring (bicyclic) bond motifs is 1. The van der Waals surface area contributed by atoms with Crippen molar-refractivity contribution in [1.29, 1.82) is 5.26 Å². The molecule has 0 bridgehead atoms. The molecule has 2 fully saturated rings. The summed E-state index contributed by atoms with van der Waals surface area (Å²) >= 11 is 0. The number of nitrogens with zero attached hydrogens (tertiary/aromatic N) is 6. The number of rotatable bonds is 4. The first kappa shape index (κ1) is 23.4. The highest BCUT2D eigenvalue weighted by Gasteiger charge is 2.43. The summed E-state index contributed by atoms with van der Waals surface area (Å²) in [5.74, 6) is 1.08. The van der Waals surface area contributed by atoms with E-state index in [1.54, 1.807) is 12.3 Å². The van der Waals surface area contributed by atoms with E-state index in [-0.39, 0.29) is 23.9 Å². The van der Waals surface area contributed by atoms with Gasteiger partial charge in [-0.3, -0.25) is 9.69 Å². The number of hydrogen-bond donors (Lipinski definition) is 1. The van der Waals surface area contributed by atoms with Crippen molar-refractivity contribution < 1.29 is 13.2 Å². The van der Waals surface area contributed by atoms with Crippen LogP contribution in [0.2, 0.25) is 0 Å². The zero-order chi connectivity index (χ0) is 24.7. The average Bonchev–Trinajstić information content (AvgIpc) is 3.50. The van der Waals surface area contributed by atoms with Crippen molar-refractivity contribution in [3.63, 3.8) is 0 Å². The number of H-pyrrole nitrogens is 1. The Hall–Kier alpha value is -3.39. The number of piperazine rings is 1. The minimum atomic E-state index is -4.69. The molecule has 2 aromatic rings. The largest absolute Gasteiger partial charge is 0.422 e. The molecule has 0 saturated carbocycles. The maximum absolute atomic E-state index is 13.5. The van der Waals surface area contributed by atoms with Gasteiger partial charge in [0.05, 0.1) is 17.3 Å². The first-order valence-electron chi connectivity index (χ1n) is 11.7. The Kier molecular flexibility index (Phi) is 6.01. The predicted octanol–water partition coefficient (Wildman–Crippen LogP) is 2.70. The van der Waals surface area contributed by atoms with Crippen molar-refractivity contribution in [1.82, 2.24) is 25.0 Å². The second-order valence-electron chi connectivity index (χ2n) is 9.31. The third kappa shape index (κ3) is 4.38. The Morgan fingerprint density at radius 1 is 1.17 bits per heavy atom. The Morgan fingerprint density at radius 2 is 1.94 bits per heavy atom. The first-order chi connectivity index (χ1) is 16.8. The quantitative estimate of drug-likeness (QED) is 0.712. The molecule has 184 valence electrons. The van der Waals surface area contributed by atoms with Crippen molar-refractivity contribution in [3.8, 4) is 6.07 Å². The van der Waals surface area contributed by atoms with Crippen LogP contribution in [0.25, 0.3) is 0 Å². The number of aromatic nitrogens is 3. The van der Waals surface area contributed by atoms with E-state index in [9.17, 15) is 18.0 Å². The zero-order valence-electron chi connectivity index (χ0n) is 19.2. The lowest BCUT2D eigenvalue weighted by Gasteiger charge is -2.39. The predicted molar refractivity (Wildman–Crippen MR) is 122 cm³/mol. The van der Waals surface area contributed by atoms with Gasteiger partial charge in [0, 0.05) is 50.5 Å². The van der Waals surface area contributed by atoms with E-state index in [4.69, 9.17) is 5.26 Å². The summed E-state index contributed by atoms with van der Waals surface area (Å²) in [4.78, 5) is 22.9. The fourth-order valence-electron chi connectivity index (χ4n) is 5.56. The maximum Gasteiger partial charge on any atom is 0.422 e. The second-order valence-corrected chi connectivity index (χ2v) is 9.31. The van der Waals surface area contributed by atoms with Crippen LogP contribution in [0.5, 0.6) is 0 Å². The number of aromatic amines is 1. The summed E-state index contributed by atoms with van der Waals surface area (Å²) < 4.78 is 40.4. The molecular formula is C24H26F3N7O. The molecule has 2 aliphatic heterocycles. The fraction of sp³-hybridized carbons (Fsp3) is 0.500. The molecule has 2 unspecified atom stereocenters. The fourth-order valence-corrected chi connectivity index (χ4v) is 5.56. The van der Waals surface area contributed by atoms with E-state index >= 15 is 0 Å². The number of alkyl halides is 3. The number of hydrogen-bond acceptors (Lipinski definition) is 7. The van der Waals surface area contributed by atoms with Gasteiger partial charge in [-0.15, -0.1) is 0 Å². The molecule has 2 atom stereocenters. The van der Waals surface area contributed by atoms with Gasteiger partial charge >= 0.3 is 6.18 Å². The minimum Gasteiger partial charge on any atom is -0.371 e. The number of pyridine rings is 1. The van der Waals surface area contributed by atoms with Crippen molar-refractivity contribution in [2.75, 3.05) is 44.2 Å². The maximum atomic E-state index is 13.5. The normalized spacial score (nSPS) is 22.8. The smallest absolute Gasteiger partial charge is 0.371 e. The average molecular weight is 486 g/mol. The van der Waals surface area contributed by atoms with Crippen LogP contribution in [-0.2, 0) is 12.6 Å². The molecule has 0 radical (unpaired) electrons. The number of likely N-dealkylation sites (tertiary alicyclic amines) is 1. The Balaban J connectivity index is 1.21. The van der Waals surface area contributed by atoms with Gasteiger partial charge in [0.1, 0.15) is 17.5 Å². The van der Waals surface area contributed by atoms with Gasteiger partial charge in [0.2, 0.25) is 0 Å². The van der Waals surface area contributed by atoms with Crippen molar-refractivity contribution in [3.05, 3.63) is 63.3 Å². The van der Waals surface area contributed by atoms with Gasteiger partial charge in [0.25, 0.3) is 5.56 Å². The molecule has 35 heavy (non-hydrogen) atoms. The van der Waals surface area contributed by atoms with Gasteiger partial charge in [-0.2, -0.15) is 23.5 Å². The SMILES string of the molecule is C=C(C1CCN(C2CCc3c2n[nH]c(=O)c3C(F)(F)F)C1)N1CCN(c2ccc(C#N)cn2)CC1. The highest BCUT2D eigenvalue weighted by Crippen LogP contribution is 2.42. The van der Waals surface area contributed by atoms with E-state index in [1.165, 1.54) is 0 Å². The van der Waals surface area contributed by atoms with Crippen LogP contribution < -0.4 is 10.5 Å². The standard InChI is InChI=1S/C24H26F3N7O/c1-15(32-8-10-33(11-9-32)20-5-2-16(12-28)13-29-20)17-6-7-34(14-17)19-4-3-18-21(24(25,26)27)23(35)31-30-22(18)19/h2,5,13,17,19H,1,3-4,6-11,14H2,(H,31,35). The van der Waals surface area contributed by atoms with Crippen LogP contribution in [0.1, 0.15) is 41.3 Å². The van der Waals surface area contributed by atoms with Crippen molar-refractivity contribution >= 4 is 5.82 Å².